The summed E-state index contributed by atoms with van der Waals surface area (Å²) in [6, 6.07) is 22.1. The van der Waals surface area contributed by atoms with Crippen LogP contribution in [0, 0.1) is 0 Å². The molecule has 2 atom stereocenters. The van der Waals surface area contributed by atoms with E-state index in [0.717, 1.165) is 11.1 Å². The normalized spacial score (nSPS) is 19.3. The van der Waals surface area contributed by atoms with Crippen LogP contribution in [-0.4, -0.2) is 25.1 Å². The number of rotatable bonds is 5. The Bertz CT molecular complexity index is 1320. The fraction of sp³-hybridized carbons (Fsp3) is 0.148. The Labute approximate surface area is 191 Å². The average molecular weight is 438 g/mol. The second-order valence-corrected chi connectivity index (χ2v) is 7.85. The van der Waals surface area contributed by atoms with Crippen molar-refractivity contribution in [2.45, 2.75) is 12.0 Å². The molecule has 3 aromatic rings. The number of ketones is 1. The molecular weight excluding hydrogens is 416 g/mol. The van der Waals surface area contributed by atoms with Gasteiger partial charge in [-0.15, -0.1) is 0 Å². The predicted molar refractivity (Wildman–Crippen MR) is 125 cm³/mol. The van der Waals surface area contributed by atoms with E-state index < -0.39 is 0 Å². The molecule has 0 bridgehead atoms. The van der Waals surface area contributed by atoms with Gasteiger partial charge in [-0.1, -0.05) is 54.6 Å². The summed E-state index contributed by atoms with van der Waals surface area (Å²) in [4.78, 5) is 13.1. The molecule has 5 rings (SSSR count). The van der Waals surface area contributed by atoms with Crippen LogP contribution in [0.5, 0.6) is 11.5 Å². The van der Waals surface area contributed by atoms with Crippen molar-refractivity contribution in [3.63, 3.8) is 0 Å². The molecule has 6 nitrogen and oxygen atoms in total. The zero-order chi connectivity index (χ0) is 22.9. The molecule has 0 fully saturated rings. The van der Waals surface area contributed by atoms with Crippen LogP contribution >= 0.6 is 0 Å². The fourth-order valence-electron chi connectivity index (χ4n) is 4.40. The molecule has 0 radical (unpaired) electrons. The Hall–Kier alpha value is -4.19. The number of aliphatic hydroxyl groups is 1. The summed E-state index contributed by atoms with van der Waals surface area (Å²) >= 11 is 0. The maximum atomic E-state index is 13.1. The lowest BCUT2D eigenvalue weighted by Crippen LogP contribution is -2.14. The largest absolute Gasteiger partial charge is 0.506 e. The molecule has 1 N–H and O–H groups in total. The second-order valence-electron chi connectivity index (χ2n) is 7.85. The van der Waals surface area contributed by atoms with Crippen LogP contribution in [-0.2, 0) is 0 Å². The average Bonchev–Trinajstić information content (AvgIpc) is 3.13. The highest BCUT2D eigenvalue weighted by atomic mass is 16.5. The van der Waals surface area contributed by atoms with E-state index in [2.05, 4.69) is 10.2 Å². The fourth-order valence-corrected chi connectivity index (χ4v) is 4.40. The summed E-state index contributed by atoms with van der Waals surface area (Å²) in [5, 5.41) is 19.9. The zero-order valence-corrected chi connectivity index (χ0v) is 18.2. The number of carbonyl (C=O) groups is 1. The van der Waals surface area contributed by atoms with E-state index in [9.17, 15) is 9.90 Å². The van der Waals surface area contributed by atoms with Crippen LogP contribution < -0.4 is 9.47 Å². The van der Waals surface area contributed by atoms with E-state index in [4.69, 9.17) is 9.47 Å². The first-order chi connectivity index (χ1) is 16.1. The molecule has 0 unspecified atom stereocenters. The molecule has 1 heterocycles. The van der Waals surface area contributed by atoms with Gasteiger partial charge in [-0.3, -0.25) is 4.79 Å². The van der Waals surface area contributed by atoms with Crippen molar-refractivity contribution in [3.8, 4) is 11.5 Å². The number of benzene rings is 3. The molecule has 1 aliphatic carbocycles. The van der Waals surface area contributed by atoms with Crippen LogP contribution in [0.15, 0.2) is 100 Å². The third-order valence-corrected chi connectivity index (χ3v) is 6.06. The molecule has 1 aliphatic heterocycles. The Morgan fingerprint density at radius 2 is 1.61 bits per heavy atom. The van der Waals surface area contributed by atoms with Crippen LogP contribution in [0.2, 0.25) is 0 Å². The Morgan fingerprint density at radius 1 is 0.879 bits per heavy atom. The van der Waals surface area contributed by atoms with Gasteiger partial charge in [0.15, 0.2) is 5.78 Å². The van der Waals surface area contributed by atoms with Crippen molar-refractivity contribution in [2.75, 3.05) is 14.2 Å². The molecule has 0 aromatic heterocycles. The van der Waals surface area contributed by atoms with Crippen LogP contribution in [0.25, 0.3) is 5.76 Å². The van der Waals surface area contributed by atoms with Gasteiger partial charge in [-0.05, 0) is 23.8 Å². The molecule has 0 saturated carbocycles. The Balaban J connectivity index is 1.62. The summed E-state index contributed by atoms with van der Waals surface area (Å²) in [5.74, 6) is 0.786. The van der Waals surface area contributed by atoms with Gasteiger partial charge in [0.2, 0.25) is 0 Å². The maximum absolute atomic E-state index is 13.1. The highest BCUT2D eigenvalue weighted by Gasteiger charge is 2.36. The lowest BCUT2D eigenvalue weighted by atomic mass is 9.84. The minimum atomic E-state index is -0.376. The minimum Gasteiger partial charge on any atom is -0.506 e. The van der Waals surface area contributed by atoms with Crippen molar-refractivity contribution in [2.24, 2.45) is 10.2 Å². The van der Waals surface area contributed by atoms with E-state index in [1.807, 2.05) is 54.6 Å². The van der Waals surface area contributed by atoms with Crippen LogP contribution in [0.3, 0.4) is 0 Å². The summed E-state index contributed by atoms with van der Waals surface area (Å²) in [6.45, 7) is 0. The number of allylic oxidation sites excluding steroid dienone is 1. The molecule has 164 valence electrons. The SMILES string of the molecule is COc1ccc([C@@H]2N=NC(C3=C(O)c4ccccc4C3=O)=C[C@@H]2c2ccccc2)c(OC)c1. The third-order valence-electron chi connectivity index (χ3n) is 6.06. The number of fused-ring (bicyclic) bond motifs is 1. The van der Waals surface area contributed by atoms with Gasteiger partial charge < -0.3 is 14.6 Å². The van der Waals surface area contributed by atoms with Crippen molar-refractivity contribution < 1.29 is 19.4 Å². The first-order valence-corrected chi connectivity index (χ1v) is 10.6. The van der Waals surface area contributed by atoms with E-state index in [1.165, 1.54) is 0 Å². The van der Waals surface area contributed by atoms with Crippen molar-refractivity contribution >= 4 is 11.5 Å². The molecule has 33 heavy (non-hydrogen) atoms. The van der Waals surface area contributed by atoms with Gasteiger partial charge in [0.05, 0.1) is 25.5 Å². The van der Waals surface area contributed by atoms with E-state index in [-0.39, 0.29) is 29.1 Å². The zero-order valence-electron chi connectivity index (χ0n) is 18.2. The second kappa shape index (κ2) is 8.39. The molecule has 0 amide bonds. The van der Waals surface area contributed by atoms with E-state index in [0.29, 0.717) is 28.3 Å². The number of hydrogen-bond acceptors (Lipinski definition) is 6. The van der Waals surface area contributed by atoms with E-state index >= 15 is 0 Å². The first kappa shape index (κ1) is 20.7. The monoisotopic (exact) mass is 438 g/mol. The number of hydrogen-bond donors (Lipinski definition) is 1. The number of nitrogens with zero attached hydrogens (tertiary/aromatic N) is 2. The summed E-state index contributed by atoms with van der Waals surface area (Å²) in [7, 11) is 3.21. The topological polar surface area (TPSA) is 80.5 Å². The van der Waals surface area contributed by atoms with Crippen LogP contribution in [0.1, 0.15) is 39.0 Å². The standard InChI is InChI=1S/C27H22N2O4/c1-32-17-12-13-20(23(14-17)33-2)25-21(16-8-4-3-5-9-16)15-22(28-29-25)24-26(30)18-10-6-7-11-19(18)27(24)31/h3-15,21,25,30H,1-2H3/t21-,25+/m1/s1. The van der Waals surface area contributed by atoms with Gasteiger partial charge in [0.1, 0.15) is 23.3 Å². The minimum absolute atomic E-state index is 0.0620. The van der Waals surface area contributed by atoms with Gasteiger partial charge in [-0.25, -0.2) is 0 Å². The third kappa shape index (κ3) is 3.49. The molecular formula is C27H22N2O4. The van der Waals surface area contributed by atoms with Gasteiger partial charge in [-0.2, -0.15) is 10.2 Å². The predicted octanol–water partition coefficient (Wildman–Crippen LogP) is 6.04. The number of carbonyl (C=O) groups excluding carboxylic acids is 1. The number of ether oxygens (including phenoxy) is 2. The highest BCUT2D eigenvalue weighted by Crippen LogP contribution is 2.46. The molecule has 6 heteroatoms. The van der Waals surface area contributed by atoms with Gasteiger partial charge in [0, 0.05) is 28.7 Å². The Morgan fingerprint density at radius 3 is 2.30 bits per heavy atom. The number of azo groups is 1. The Kier molecular flexibility index (Phi) is 5.26. The van der Waals surface area contributed by atoms with Crippen molar-refractivity contribution in [3.05, 3.63) is 112 Å². The lowest BCUT2D eigenvalue weighted by molar-refractivity contribution is 0.103. The molecule has 0 spiro atoms. The first-order valence-electron chi connectivity index (χ1n) is 10.6. The summed E-state index contributed by atoms with van der Waals surface area (Å²) in [5.41, 5.74) is 3.40. The van der Waals surface area contributed by atoms with Gasteiger partial charge >= 0.3 is 0 Å². The maximum Gasteiger partial charge on any atom is 0.199 e. The van der Waals surface area contributed by atoms with E-state index in [1.54, 1.807) is 38.5 Å². The quantitative estimate of drug-likeness (QED) is 0.526. The lowest BCUT2D eigenvalue weighted by Gasteiger charge is -2.26. The number of Topliss-reactive ketones (excluding diaryl/α,β-unsaturated/α-hetero) is 1. The van der Waals surface area contributed by atoms with Crippen molar-refractivity contribution in [1.82, 2.24) is 0 Å². The van der Waals surface area contributed by atoms with Crippen molar-refractivity contribution in [1.29, 1.82) is 0 Å². The van der Waals surface area contributed by atoms with Crippen LogP contribution in [0.4, 0.5) is 0 Å². The van der Waals surface area contributed by atoms with Gasteiger partial charge in [0.25, 0.3) is 0 Å². The summed E-state index contributed by atoms with van der Waals surface area (Å²) < 4.78 is 11.0. The number of aliphatic hydroxyl groups excluding tert-OH is 1. The molecule has 3 aromatic carbocycles. The molecule has 2 aliphatic rings. The number of methoxy groups -OCH3 is 2. The summed E-state index contributed by atoms with van der Waals surface area (Å²) in [6.07, 6.45) is 1.91. The molecule has 0 saturated heterocycles. The highest BCUT2D eigenvalue weighted by molar-refractivity contribution is 6.22. The smallest absolute Gasteiger partial charge is 0.199 e.